The summed E-state index contributed by atoms with van der Waals surface area (Å²) in [6, 6.07) is 10.4. The minimum atomic E-state index is 0.113. The van der Waals surface area contributed by atoms with Crippen molar-refractivity contribution in [2.75, 3.05) is 6.54 Å². The standard InChI is InChI=1S/C12H18N2/c13-9-12(7-4-8-12)11(14)10-5-2-1-3-6-10/h1-3,5-6,11H,4,7-9,13-14H2. The van der Waals surface area contributed by atoms with Gasteiger partial charge in [0.05, 0.1) is 0 Å². The highest BCUT2D eigenvalue weighted by molar-refractivity contribution is 5.22. The van der Waals surface area contributed by atoms with E-state index in [4.69, 9.17) is 11.5 Å². The molecule has 0 amide bonds. The first-order chi connectivity index (χ1) is 6.78. The van der Waals surface area contributed by atoms with E-state index in [-0.39, 0.29) is 11.5 Å². The summed E-state index contributed by atoms with van der Waals surface area (Å²) in [5.41, 5.74) is 13.5. The second-order valence-electron chi connectivity index (χ2n) is 4.31. The molecule has 0 aromatic heterocycles. The molecule has 1 aromatic rings. The van der Waals surface area contributed by atoms with Crippen LogP contribution < -0.4 is 11.5 Å². The number of nitrogens with two attached hydrogens (primary N) is 2. The first-order valence-electron chi connectivity index (χ1n) is 5.29. The highest BCUT2D eigenvalue weighted by atomic mass is 14.8. The lowest BCUT2D eigenvalue weighted by molar-refractivity contribution is 0.105. The summed E-state index contributed by atoms with van der Waals surface area (Å²) >= 11 is 0. The van der Waals surface area contributed by atoms with E-state index in [1.807, 2.05) is 18.2 Å². The molecule has 1 unspecified atom stereocenters. The summed E-state index contributed by atoms with van der Waals surface area (Å²) in [5.74, 6) is 0. The third-order valence-electron chi connectivity index (χ3n) is 3.57. The van der Waals surface area contributed by atoms with Gasteiger partial charge in [-0.25, -0.2) is 0 Å². The summed E-state index contributed by atoms with van der Waals surface area (Å²) in [6.45, 7) is 0.711. The van der Waals surface area contributed by atoms with Gasteiger partial charge < -0.3 is 11.5 Å². The van der Waals surface area contributed by atoms with Crippen molar-refractivity contribution in [2.45, 2.75) is 25.3 Å². The van der Waals surface area contributed by atoms with E-state index >= 15 is 0 Å². The third-order valence-corrected chi connectivity index (χ3v) is 3.57. The average Bonchev–Trinajstić information content (AvgIpc) is 2.18. The summed E-state index contributed by atoms with van der Waals surface area (Å²) < 4.78 is 0. The van der Waals surface area contributed by atoms with E-state index in [9.17, 15) is 0 Å². The molecule has 0 spiro atoms. The Balaban J connectivity index is 2.19. The van der Waals surface area contributed by atoms with Gasteiger partial charge >= 0.3 is 0 Å². The van der Waals surface area contributed by atoms with E-state index in [1.165, 1.54) is 24.8 Å². The van der Waals surface area contributed by atoms with Crippen molar-refractivity contribution in [3.8, 4) is 0 Å². The molecular formula is C12H18N2. The van der Waals surface area contributed by atoms with Crippen LogP contribution in [0, 0.1) is 5.41 Å². The van der Waals surface area contributed by atoms with Crippen LogP contribution in [-0.2, 0) is 0 Å². The second kappa shape index (κ2) is 3.71. The molecule has 0 bridgehead atoms. The molecular weight excluding hydrogens is 172 g/mol. The molecule has 1 aliphatic carbocycles. The molecule has 76 valence electrons. The fraction of sp³-hybridized carbons (Fsp3) is 0.500. The van der Waals surface area contributed by atoms with Crippen LogP contribution in [0.2, 0.25) is 0 Å². The van der Waals surface area contributed by atoms with E-state index in [0.29, 0.717) is 6.54 Å². The lowest BCUT2D eigenvalue weighted by atomic mass is 9.63. The van der Waals surface area contributed by atoms with Crippen LogP contribution in [0.5, 0.6) is 0 Å². The van der Waals surface area contributed by atoms with Gasteiger partial charge in [-0.15, -0.1) is 0 Å². The molecule has 1 aliphatic rings. The first kappa shape index (κ1) is 9.69. The molecule has 0 aliphatic heterocycles. The Labute approximate surface area is 85.3 Å². The number of rotatable bonds is 3. The lowest BCUT2D eigenvalue weighted by Crippen LogP contribution is -2.46. The number of benzene rings is 1. The molecule has 1 saturated carbocycles. The van der Waals surface area contributed by atoms with Crippen molar-refractivity contribution in [1.29, 1.82) is 0 Å². The van der Waals surface area contributed by atoms with Gasteiger partial charge in [0.25, 0.3) is 0 Å². The van der Waals surface area contributed by atoms with Gasteiger partial charge in [0, 0.05) is 11.5 Å². The van der Waals surface area contributed by atoms with E-state index in [1.54, 1.807) is 0 Å². The predicted octanol–water partition coefficient (Wildman–Crippen LogP) is 1.82. The van der Waals surface area contributed by atoms with E-state index < -0.39 is 0 Å². The zero-order valence-corrected chi connectivity index (χ0v) is 8.45. The second-order valence-corrected chi connectivity index (χ2v) is 4.31. The van der Waals surface area contributed by atoms with Gasteiger partial charge in [0.1, 0.15) is 0 Å². The van der Waals surface area contributed by atoms with Gasteiger partial charge in [-0.1, -0.05) is 36.8 Å². The van der Waals surface area contributed by atoms with Crippen LogP contribution in [0.15, 0.2) is 30.3 Å². The Bertz CT molecular complexity index is 285. The van der Waals surface area contributed by atoms with Crippen LogP contribution in [-0.4, -0.2) is 6.54 Å². The first-order valence-corrected chi connectivity index (χ1v) is 5.29. The Morgan fingerprint density at radius 2 is 1.86 bits per heavy atom. The molecule has 0 radical (unpaired) electrons. The van der Waals surface area contributed by atoms with Crippen LogP contribution in [0.4, 0.5) is 0 Å². The zero-order chi connectivity index (χ0) is 10.0. The highest BCUT2D eigenvalue weighted by Gasteiger charge is 2.41. The van der Waals surface area contributed by atoms with E-state index in [0.717, 1.165) is 0 Å². The fourth-order valence-corrected chi connectivity index (χ4v) is 2.29. The molecule has 4 N–H and O–H groups in total. The molecule has 2 heteroatoms. The maximum Gasteiger partial charge on any atom is 0.0364 e. The molecule has 2 nitrogen and oxygen atoms in total. The lowest BCUT2D eigenvalue weighted by Gasteiger charge is -2.45. The SMILES string of the molecule is NCC1(C(N)c2ccccc2)CCC1. The van der Waals surface area contributed by atoms with E-state index in [2.05, 4.69) is 12.1 Å². The van der Waals surface area contributed by atoms with Crippen LogP contribution in [0.25, 0.3) is 0 Å². The largest absolute Gasteiger partial charge is 0.330 e. The van der Waals surface area contributed by atoms with Gasteiger partial charge in [-0.3, -0.25) is 0 Å². The van der Waals surface area contributed by atoms with Gasteiger partial charge in [-0.2, -0.15) is 0 Å². The Hall–Kier alpha value is -0.860. The monoisotopic (exact) mass is 190 g/mol. The van der Waals surface area contributed by atoms with Crippen molar-refractivity contribution in [3.63, 3.8) is 0 Å². The summed E-state index contributed by atoms with van der Waals surface area (Å²) in [7, 11) is 0. The minimum absolute atomic E-state index is 0.113. The molecule has 1 aromatic carbocycles. The van der Waals surface area contributed by atoms with Crippen LogP contribution in [0.3, 0.4) is 0 Å². The third kappa shape index (κ3) is 1.45. The topological polar surface area (TPSA) is 52.0 Å². The number of hydrogen-bond acceptors (Lipinski definition) is 2. The summed E-state index contributed by atoms with van der Waals surface area (Å²) in [6.07, 6.45) is 3.64. The Kier molecular flexibility index (Phi) is 2.57. The molecule has 0 heterocycles. The number of hydrogen-bond donors (Lipinski definition) is 2. The maximum atomic E-state index is 6.27. The summed E-state index contributed by atoms with van der Waals surface area (Å²) in [5, 5.41) is 0. The van der Waals surface area contributed by atoms with Crippen LogP contribution in [0.1, 0.15) is 30.9 Å². The van der Waals surface area contributed by atoms with Crippen molar-refractivity contribution in [1.82, 2.24) is 0 Å². The van der Waals surface area contributed by atoms with Gasteiger partial charge in [0.2, 0.25) is 0 Å². The van der Waals surface area contributed by atoms with Crippen LogP contribution >= 0.6 is 0 Å². The predicted molar refractivity (Wildman–Crippen MR) is 58.7 cm³/mol. The van der Waals surface area contributed by atoms with Crippen molar-refractivity contribution < 1.29 is 0 Å². The van der Waals surface area contributed by atoms with Crippen molar-refractivity contribution in [3.05, 3.63) is 35.9 Å². The molecule has 0 saturated heterocycles. The molecule has 1 atom stereocenters. The van der Waals surface area contributed by atoms with Crippen molar-refractivity contribution >= 4 is 0 Å². The van der Waals surface area contributed by atoms with Crippen molar-refractivity contribution in [2.24, 2.45) is 16.9 Å². The molecule has 1 fully saturated rings. The normalized spacial score (nSPS) is 21.3. The molecule has 2 rings (SSSR count). The maximum absolute atomic E-state index is 6.27. The minimum Gasteiger partial charge on any atom is -0.330 e. The Morgan fingerprint density at radius 1 is 1.21 bits per heavy atom. The van der Waals surface area contributed by atoms with Gasteiger partial charge in [0.15, 0.2) is 0 Å². The zero-order valence-electron chi connectivity index (χ0n) is 8.45. The fourth-order valence-electron chi connectivity index (χ4n) is 2.29. The average molecular weight is 190 g/mol. The Morgan fingerprint density at radius 3 is 2.29 bits per heavy atom. The van der Waals surface area contributed by atoms with Gasteiger partial charge in [-0.05, 0) is 24.9 Å². The summed E-state index contributed by atoms with van der Waals surface area (Å²) in [4.78, 5) is 0. The quantitative estimate of drug-likeness (QED) is 0.763. The highest BCUT2D eigenvalue weighted by Crippen LogP contribution is 2.48. The smallest absolute Gasteiger partial charge is 0.0364 e. The molecule has 14 heavy (non-hydrogen) atoms.